The Labute approximate surface area is 76.6 Å². The van der Waals surface area contributed by atoms with E-state index in [0.29, 0.717) is 5.56 Å². The second-order valence-corrected chi connectivity index (χ2v) is 3.02. The summed E-state index contributed by atoms with van der Waals surface area (Å²) < 4.78 is 0. The number of nitrogens with one attached hydrogen (secondary N) is 1. The highest BCUT2D eigenvalue weighted by atomic mass is 16.5. The number of benzene rings is 1. The molecule has 2 atom stereocenters. The number of hydroxylamine groups is 2. The van der Waals surface area contributed by atoms with Crippen molar-refractivity contribution in [1.82, 2.24) is 0 Å². The molecule has 3 N–H and O–H groups in total. The van der Waals surface area contributed by atoms with Crippen LogP contribution >= 0.6 is 0 Å². The molecule has 1 aromatic rings. The van der Waals surface area contributed by atoms with Gasteiger partial charge in [-0.2, -0.15) is 0 Å². The van der Waals surface area contributed by atoms with Gasteiger partial charge in [0, 0.05) is 0 Å². The molecule has 0 amide bonds. The van der Waals surface area contributed by atoms with Gasteiger partial charge in [-0.25, -0.2) is 0 Å². The molecule has 13 heavy (non-hydrogen) atoms. The number of aliphatic hydroxyl groups is 1. The van der Waals surface area contributed by atoms with E-state index in [2.05, 4.69) is 0 Å². The van der Waals surface area contributed by atoms with Gasteiger partial charge >= 0.3 is 0 Å². The molecular weight excluding hydrogens is 170 g/mol. The van der Waals surface area contributed by atoms with Gasteiger partial charge in [0.15, 0.2) is 0 Å². The minimum atomic E-state index is -0.815. The third-order valence-electron chi connectivity index (χ3n) is 1.74. The van der Waals surface area contributed by atoms with Crippen molar-refractivity contribution in [2.45, 2.75) is 6.10 Å². The molecule has 2 unspecified atom stereocenters. The first-order chi connectivity index (χ1) is 6.09. The minimum Gasteiger partial charge on any atom is -0.634 e. The Morgan fingerprint density at radius 3 is 2.77 bits per heavy atom. The van der Waals surface area contributed by atoms with Crippen molar-refractivity contribution in [1.29, 1.82) is 0 Å². The van der Waals surface area contributed by atoms with E-state index in [1.165, 1.54) is 19.2 Å². The lowest BCUT2D eigenvalue weighted by Crippen LogP contribution is -3.04. The van der Waals surface area contributed by atoms with Crippen LogP contribution in [0, 0.1) is 5.21 Å². The standard InChI is InChI=1S/C9H13NO3/c1-10(13)6-9(12)7-3-2-4-8(11)5-7/h2-5,9-12H,6H2,1H3. The second-order valence-electron chi connectivity index (χ2n) is 3.02. The van der Waals surface area contributed by atoms with Gasteiger partial charge in [-0.05, 0) is 17.7 Å². The molecule has 1 rings (SSSR count). The van der Waals surface area contributed by atoms with Crippen molar-refractivity contribution < 1.29 is 15.3 Å². The van der Waals surface area contributed by atoms with Gasteiger partial charge in [0.05, 0.1) is 7.05 Å². The van der Waals surface area contributed by atoms with Crippen LogP contribution in [0.25, 0.3) is 0 Å². The molecule has 0 fully saturated rings. The maximum atomic E-state index is 10.7. The van der Waals surface area contributed by atoms with Crippen molar-refractivity contribution in [3.05, 3.63) is 35.0 Å². The maximum Gasteiger partial charge on any atom is 0.128 e. The molecule has 1 aromatic carbocycles. The van der Waals surface area contributed by atoms with Crippen LogP contribution in [0.2, 0.25) is 0 Å². The van der Waals surface area contributed by atoms with Gasteiger partial charge in [0.1, 0.15) is 18.4 Å². The highest BCUT2D eigenvalue weighted by Crippen LogP contribution is 2.16. The zero-order valence-electron chi connectivity index (χ0n) is 7.40. The molecule has 0 saturated heterocycles. The molecule has 0 saturated carbocycles. The smallest absolute Gasteiger partial charge is 0.128 e. The summed E-state index contributed by atoms with van der Waals surface area (Å²) in [6.45, 7) is 0.0868. The molecule has 4 nitrogen and oxygen atoms in total. The van der Waals surface area contributed by atoms with Gasteiger partial charge in [-0.15, -0.1) is 0 Å². The van der Waals surface area contributed by atoms with Crippen LogP contribution in [-0.2, 0) is 0 Å². The molecular formula is C9H13NO3. The summed E-state index contributed by atoms with van der Waals surface area (Å²) >= 11 is 0. The average molecular weight is 183 g/mol. The lowest BCUT2D eigenvalue weighted by Gasteiger charge is -2.20. The summed E-state index contributed by atoms with van der Waals surface area (Å²) in [7, 11) is 1.42. The Morgan fingerprint density at radius 1 is 1.54 bits per heavy atom. The predicted octanol–water partition coefficient (Wildman–Crippen LogP) is -0.562. The van der Waals surface area contributed by atoms with E-state index in [1.807, 2.05) is 0 Å². The molecule has 0 aromatic heterocycles. The van der Waals surface area contributed by atoms with Gasteiger partial charge in [-0.3, -0.25) is 0 Å². The van der Waals surface area contributed by atoms with Gasteiger partial charge in [-0.1, -0.05) is 12.1 Å². The summed E-state index contributed by atoms with van der Waals surface area (Å²) in [6.07, 6.45) is -0.815. The summed E-state index contributed by atoms with van der Waals surface area (Å²) in [5.74, 6) is 0.0973. The van der Waals surface area contributed by atoms with E-state index in [-0.39, 0.29) is 17.4 Å². The number of phenols is 1. The topological polar surface area (TPSA) is 68.0 Å². The summed E-state index contributed by atoms with van der Waals surface area (Å²) in [5, 5.41) is 29.2. The zero-order chi connectivity index (χ0) is 9.84. The maximum absolute atomic E-state index is 10.7. The average Bonchev–Trinajstić information content (AvgIpc) is 2.03. The number of likely N-dealkylation sites (N-methyl/N-ethyl adjacent to an activating group) is 1. The summed E-state index contributed by atoms with van der Waals surface area (Å²) in [6, 6.07) is 6.28. The fraction of sp³-hybridized carbons (Fsp3) is 0.333. The van der Waals surface area contributed by atoms with Crippen LogP contribution in [0.4, 0.5) is 0 Å². The molecule has 0 heterocycles. The fourth-order valence-electron chi connectivity index (χ4n) is 1.12. The summed E-state index contributed by atoms with van der Waals surface area (Å²) in [4.78, 5) is 0. The van der Waals surface area contributed by atoms with Gasteiger partial charge in [0.25, 0.3) is 0 Å². The van der Waals surface area contributed by atoms with E-state index in [4.69, 9.17) is 5.11 Å². The largest absolute Gasteiger partial charge is 0.634 e. The van der Waals surface area contributed by atoms with Crippen LogP contribution in [0.3, 0.4) is 0 Å². The van der Waals surface area contributed by atoms with E-state index in [1.54, 1.807) is 12.1 Å². The van der Waals surface area contributed by atoms with Crippen molar-refractivity contribution in [2.75, 3.05) is 13.6 Å². The lowest BCUT2D eigenvalue weighted by atomic mass is 10.1. The van der Waals surface area contributed by atoms with Crippen molar-refractivity contribution >= 4 is 0 Å². The van der Waals surface area contributed by atoms with Gasteiger partial charge in [0.2, 0.25) is 0 Å². The third kappa shape index (κ3) is 3.02. The molecule has 0 radical (unpaired) electrons. The number of rotatable bonds is 3. The number of aliphatic hydroxyl groups excluding tert-OH is 1. The molecule has 4 heteroatoms. The molecule has 0 bridgehead atoms. The first-order valence-corrected chi connectivity index (χ1v) is 4.06. The Kier molecular flexibility index (Phi) is 3.25. The summed E-state index contributed by atoms with van der Waals surface area (Å²) in [5.41, 5.74) is 0.565. The van der Waals surface area contributed by atoms with E-state index < -0.39 is 6.10 Å². The van der Waals surface area contributed by atoms with Crippen molar-refractivity contribution in [3.63, 3.8) is 0 Å². The van der Waals surface area contributed by atoms with Crippen LogP contribution in [0.1, 0.15) is 11.7 Å². The predicted molar refractivity (Wildman–Crippen MR) is 48.2 cm³/mol. The Bertz CT molecular complexity index is 275. The van der Waals surface area contributed by atoms with Gasteiger partial charge < -0.3 is 20.5 Å². The highest BCUT2D eigenvalue weighted by molar-refractivity contribution is 5.28. The quantitative estimate of drug-likeness (QED) is 0.550. The Hall–Kier alpha value is -1.10. The SMILES string of the molecule is C[NH+]([O-])CC(O)c1cccc(O)c1. The first-order valence-electron chi connectivity index (χ1n) is 4.06. The Balaban J connectivity index is 2.71. The monoisotopic (exact) mass is 183 g/mol. The number of aromatic hydroxyl groups is 1. The van der Waals surface area contributed by atoms with Crippen LogP contribution in [0.5, 0.6) is 5.75 Å². The lowest BCUT2D eigenvalue weighted by molar-refractivity contribution is -0.830. The van der Waals surface area contributed by atoms with E-state index in [9.17, 15) is 10.3 Å². The number of hydrogen-bond donors (Lipinski definition) is 3. The molecule has 0 aliphatic carbocycles. The van der Waals surface area contributed by atoms with E-state index >= 15 is 0 Å². The first kappa shape index (κ1) is 9.98. The molecule has 0 aliphatic heterocycles. The minimum absolute atomic E-state index is 0.0733. The Morgan fingerprint density at radius 2 is 2.23 bits per heavy atom. The fourth-order valence-corrected chi connectivity index (χ4v) is 1.12. The molecule has 0 aliphatic rings. The second kappa shape index (κ2) is 4.23. The number of quaternary nitrogens is 1. The third-order valence-corrected chi connectivity index (χ3v) is 1.74. The molecule has 0 spiro atoms. The van der Waals surface area contributed by atoms with Crippen LogP contribution in [-0.4, -0.2) is 23.8 Å². The van der Waals surface area contributed by atoms with Crippen LogP contribution < -0.4 is 5.06 Å². The number of hydrogen-bond acceptors (Lipinski definition) is 3. The van der Waals surface area contributed by atoms with E-state index in [0.717, 1.165) is 0 Å². The number of phenolic OH excluding ortho intramolecular Hbond substituents is 1. The molecule has 72 valence electrons. The van der Waals surface area contributed by atoms with Crippen LogP contribution in [0.15, 0.2) is 24.3 Å². The zero-order valence-corrected chi connectivity index (χ0v) is 7.40. The normalized spacial score (nSPS) is 15.3. The highest BCUT2D eigenvalue weighted by Gasteiger charge is 2.09. The van der Waals surface area contributed by atoms with Crippen molar-refractivity contribution in [3.8, 4) is 5.75 Å². The van der Waals surface area contributed by atoms with Crippen molar-refractivity contribution in [2.24, 2.45) is 0 Å².